The summed E-state index contributed by atoms with van der Waals surface area (Å²) in [5, 5.41) is 8.65. The quantitative estimate of drug-likeness (QED) is 0.478. The Labute approximate surface area is 168 Å². The summed E-state index contributed by atoms with van der Waals surface area (Å²) in [6.07, 6.45) is 0. The number of para-hydroxylation sites is 2. The Balaban J connectivity index is 0.00000210. The second-order valence-electron chi connectivity index (χ2n) is 6.26. The molecule has 0 atom stereocenters. The Hall–Kier alpha value is -2.92. The van der Waals surface area contributed by atoms with Gasteiger partial charge in [-0.15, -0.1) is 0 Å². The molecule has 0 amide bonds. The highest BCUT2D eigenvalue weighted by molar-refractivity contribution is 5.96. The van der Waals surface area contributed by atoms with E-state index >= 15 is 0 Å². The van der Waals surface area contributed by atoms with Gasteiger partial charge >= 0.3 is 0 Å². The SMILES string of the molecule is N=c1n(CC(=O)c2ccccc2)c2ccccc2n1Cc1ccccc1.[Br-]. The Morgan fingerprint density at radius 1 is 0.741 bits per heavy atom. The third kappa shape index (κ3) is 3.78. The van der Waals surface area contributed by atoms with Gasteiger partial charge in [-0.3, -0.25) is 10.2 Å². The van der Waals surface area contributed by atoms with Gasteiger partial charge in [0.25, 0.3) is 0 Å². The summed E-state index contributed by atoms with van der Waals surface area (Å²) in [5.41, 5.74) is 3.99. The predicted octanol–water partition coefficient (Wildman–Crippen LogP) is 0.857. The van der Waals surface area contributed by atoms with E-state index in [-0.39, 0.29) is 29.3 Å². The van der Waals surface area contributed by atoms with Gasteiger partial charge in [-0.1, -0.05) is 72.8 Å². The number of nitrogens with one attached hydrogen (secondary N) is 1. The van der Waals surface area contributed by atoms with Crippen molar-refractivity contribution in [2.45, 2.75) is 13.1 Å². The van der Waals surface area contributed by atoms with Crippen LogP contribution in [0.3, 0.4) is 0 Å². The van der Waals surface area contributed by atoms with Crippen LogP contribution in [0, 0.1) is 5.41 Å². The second-order valence-corrected chi connectivity index (χ2v) is 6.26. The Kier molecular flexibility index (Phi) is 5.72. The molecule has 1 heterocycles. The molecule has 0 bridgehead atoms. The topological polar surface area (TPSA) is 50.8 Å². The van der Waals surface area contributed by atoms with E-state index in [0.29, 0.717) is 17.7 Å². The summed E-state index contributed by atoms with van der Waals surface area (Å²) in [6, 6.07) is 27.2. The Morgan fingerprint density at radius 2 is 1.26 bits per heavy atom. The molecular weight excluding hydrogens is 402 g/mol. The second kappa shape index (κ2) is 8.18. The van der Waals surface area contributed by atoms with Gasteiger partial charge in [0.15, 0.2) is 5.78 Å². The van der Waals surface area contributed by atoms with Crippen LogP contribution in [-0.4, -0.2) is 14.9 Å². The van der Waals surface area contributed by atoms with E-state index in [1.54, 1.807) is 4.57 Å². The van der Waals surface area contributed by atoms with Crippen LogP contribution in [0.2, 0.25) is 0 Å². The Bertz CT molecular complexity index is 1110. The van der Waals surface area contributed by atoms with Crippen LogP contribution < -0.4 is 22.6 Å². The highest BCUT2D eigenvalue weighted by atomic mass is 79.9. The molecular formula is C22H19BrN3O-. The van der Waals surface area contributed by atoms with Crippen LogP contribution in [0.25, 0.3) is 11.0 Å². The fraction of sp³-hybridized carbons (Fsp3) is 0.0909. The van der Waals surface area contributed by atoms with Crippen molar-refractivity contribution in [3.8, 4) is 0 Å². The molecule has 3 aromatic carbocycles. The first-order chi connectivity index (χ1) is 12.7. The molecule has 4 nitrogen and oxygen atoms in total. The summed E-state index contributed by atoms with van der Waals surface area (Å²) < 4.78 is 3.73. The minimum atomic E-state index is 0. The van der Waals surface area contributed by atoms with E-state index in [2.05, 4.69) is 0 Å². The third-order valence-electron chi connectivity index (χ3n) is 4.56. The van der Waals surface area contributed by atoms with Gasteiger partial charge in [-0.2, -0.15) is 0 Å². The maximum atomic E-state index is 12.7. The van der Waals surface area contributed by atoms with Crippen molar-refractivity contribution in [3.63, 3.8) is 0 Å². The first-order valence-corrected chi connectivity index (χ1v) is 8.59. The van der Waals surface area contributed by atoms with E-state index in [4.69, 9.17) is 5.41 Å². The first kappa shape index (κ1) is 18.9. The monoisotopic (exact) mass is 420 g/mol. The highest BCUT2D eigenvalue weighted by Gasteiger charge is 2.14. The summed E-state index contributed by atoms with van der Waals surface area (Å²) in [4.78, 5) is 12.7. The number of benzene rings is 3. The maximum absolute atomic E-state index is 12.7. The minimum absolute atomic E-state index is 0. The molecule has 136 valence electrons. The van der Waals surface area contributed by atoms with Gasteiger partial charge in [-0.05, 0) is 17.7 Å². The molecule has 1 aromatic heterocycles. The Morgan fingerprint density at radius 3 is 1.89 bits per heavy atom. The van der Waals surface area contributed by atoms with Crippen LogP contribution in [0.4, 0.5) is 0 Å². The van der Waals surface area contributed by atoms with Crippen molar-refractivity contribution >= 4 is 16.8 Å². The smallest absolute Gasteiger partial charge is 0.203 e. The standard InChI is InChI=1S/C22H19N3O.BrH/c23-22-24(15-17-9-3-1-4-10-17)19-13-7-8-14-20(19)25(22)16-21(26)18-11-5-2-6-12-18;/h1-14,23H,15-16H2;1H/p-1. The average molecular weight is 421 g/mol. The molecule has 27 heavy (non-hydrogen) atoms. The van der Waals surface area contributed by atoms with Crippen molar-refractivity contribution < 1.29 is 21.8 Å². The average Bonchev–Trinajstić information content (AvgIpc) is 2.95. The molecule has 0 aliphatic heterocycles. The number of fused-ring (bicyclic) bond motifs is 1. The molecule has 0 spiro atoms. The number of hydrogen-bond donors (Lipinski definition) is 1. The molecule has 5 heteroatoms. The van der Waals surface area contributed by atoms with Crippen molar-refractivity contribution in [2.75, 3.05) is 0 Å². The van der Waals surface area contributed by atoms with Crippen molar-refractivity contribution in [3.05, 3.63) is 102 Å². The number of halogens is 1. The van der Waals surface area contributed by atoms with Gasteiger partial charge in [0.1, 0.15) is 0 Å². The van der Waals surface area contributed by atoms with Crippen molar-refractivity contribution in [2.24, 2.45) is 0 Å². The van der Waals surface area contributed by atoms with E-state index in [9.17, 15) is 4.79 Å². The van der Waals surface area contributed by atoms with Gasteiger partial charge < -0.3 is 26.1 Å². The zero-order valence-electron chi connectivity index (χ0n) is 14.7. The molecule has 4 rings (SSSR count). The molecule has 0 unspecified atom stereocenters. The van der Waals surface area contributed by atoms with E-state index in [0.717, 1.165) is 16.6 Å². The number of Topliss-reactive ketones (excluding diaryl/α,β-unsaturated/α-hetero) is 1. The molecule has 0 aliphatic rings. The normalized spacial score (nSPS) is 10.5. The van der Waals surface area contributed by atoms with Gasteiger partial charge in [0.2, 0.25) is 5.62 Å². The highest BCUT2D eigenvalue weighted by Crippen LogP contribution is 2.15. The fourth-order valence-corrected chi connectivity index (χ4v) is 3.24. The third-order valence-corrected chi connectivity index (χ3v) is 4.56. The summed E-state index contributed by atoms with van der Waals surface area (Å²) >= 11 is 0. The molecule has 0 fully saturated rings. The maximum Gasteiger partial charge on any atom is 0.203 e. The van der Waals surface area contributed by atoms with Crippen LogP contribution in [0.15, 0.2) is 84.9 Å². The molecule has 0 radical (unpaired) electrons. The molecule has 1 N–H and O–H groups in total. The number of carbonyl (C=O) groups is 1. The lowest BCUT2D eigenvalue weighted by Gasteiger charge is -2.05. The number of ketones is 1. The zero-order valence-corrected chi connectivity index (χ0v) is 16.3. The summed E-state index contributed by atoms with van der Waals surface area (Å²) in [6.45, 7) is 0.762. The van der Waals surface area contributed by atoms with Gasteiger partial charge in [0.05, 0.1) is 24.1 Å². The number of rotatable bonds is 5. The van der Waals surface area contributed by atoms with Crippen LogP contribution in [0.1, 0.15) is 15.9 Å². The molecule has 0 saturated heterocycles. The zero-order chi connectivity index (χ0) is 17.9. The van der Waals surface area contributed by atoms with Crippen molar-refractivity contribution in [1.82, 2.24) is 9.13 Å². The lowest BCUT2D eigenvalue weighted by atomic mass is 10.1. The van der Waals surface area contributed by atoms with Gasteiger partial charge in [0, 0.05) is 5.56 Å². The van der Waals surface area contributed by atoms with Gasteiger partial charge in [-0.25, -0.2) is 0 Å². The molecule has 4 aromatic rings. The summed E-state index contributed by atoms with van der Waals surface area (Å²) in [7, 11) is 0. The van der Waals surface area contributed by atoms with E-state index < -0.39 is 0 Å². The largest absolute Gasteiger partial charge is 1.00 e. The number of imidazole rings is 1. The summed E-state index contributed by atoms with van der Waals surface area (Å²) in [5.74, 6) is 0.00622. The predicted molar refractivity (Wildman–Crippen MR) is 102 cm³/mol. The fourth-order valence-electron chi connectivity index (χ4n) is 3.24. The van der Waals surface area contributed by atoms with Crippen LogP contribution >= 0.6 is 0 Å². The molecule has 0 aliphatic carbocycles. The van der Waals surface area contributed by atoms with Crippen molar-refractivity contribution in [1.29, 1.82) is 5.41 Å². The van der Waals surface area contributed by atoms with E-state index in [1.165, 1.54) is 0 Å². The number of carbonyl (C=O) groups excluding carboxylic acids is 1. The lowest BCUT2D eigenvalue weighted by molar-refractivity contribution is -0.0000133. The number of nitrogens with zero attached hydrogens (tertiary/aromatic N) is 2. The molecule has 0 saturated carbocycles. The minimum Gasteiger partial charge on any atom is -1.00 e. The van der Waals surface area contributed by atoms with E-state index in [1.807, 2.05) is 89.5 Å². The number of aromatic nitrogens is 2. The number of hydrogen-bond acceptors (Lipinski definition) is 2. The first-order valence-electron chi connectivity index (χ1n) is 8.59. The van der Waals surface area contributed by atoms with Crippen LogP contribution in [0.5, 0.6) is 0 Å². The lowest BCUT2D eigenvalue weighted by Crippen LogP contribution is -3.00. The van der Waals surface area contributed by atoms with Crippen LogP contribution in [-0.2, 0) is 13.1 Å².